The van der Waals surface area contributed by atoms with Gasteiger partial charge in [0.2, 0.25) is 0 Å². The van der Waals surface area contributed by atoms with Crippen molar-refractivity contribution in [1.29, 1.82) is 0 Å². The molecule has 1 aliphatic heterocycles. The molecule has 4 rings (SSSR count). The van der Waals surface area contributed by atoms with Gasteiger partial charge in [-0.15, -0.1) is 0 Å². The Kier molecular flexibility index (Phi) is 4.42. The smallest absolute Gasteiger partial charge is 0.254 e. The summed E-state index contributed by atoms with van der Waals surface area (Å²) in [4.78, 5) is 22.8. The summed E-state index contributed by atoms with van der Waals surface area (Å²) < 4.78 is 11.5. The number of aromatic nitrogens is 2. The largest absolute Gasteiger partial charge is 0.346 e. The van der Waals surface area contributed by atoms with E-state index in [0.29, 0.717) is 18.7 Å². The Morgan fingerprint density at radius 1 is 1.23 bits per heavy atom. The highest BCUT2D eigenvalue weighted by Crippen LogP contribution is 2.28. The molecule has 26 heavy (non-hydrogen) atoms. The average molecular weight is 365 g/mol. The van der Waals surface area contributed by atoms with Crippen molar-refractivity contribution in [2.45, 2.75) is 11.3 Å². The van der Waals surface area contributed by atoms with Crippen LogP contribution in [0.3, 0.4) is 0 Å². The van der Waals surface area contributed by atoms with Crippen LogP contribution >= 0.6 is 0 Å². The summed E-state index contributed by atoms with van der Waals surface area (Å²) in [6.07, 6.45) is 8.33. The minimum atomic E-state index is -1.03. The number of pyridine rings is 1. The molecule has 0 bridgehead atoms. The lowest BCUT2D eigenvalue weighted by molar-refractivity contribution is 0.0773. The van der Waals surface area contributed by atoms with E-state index in [4.69, 9.17) is 0 Å². The highest BCUT2D eigenvalue weighted by molar-refractivity contribution is 7.84. The number of hydrogen-bond acceptors (Lipinski definition) is 3. The molecule has 1 aromatic carbocycles. The summed E-state index contributed by atoms with van der Waals surface area (Å²) in [6.45, 7) is 1.27. The second kappa shape index (κ2) is 6.88. The quantitative estimate of drug-likeness (QED) is 0.775. The molecule has 132 valence electrons. The van der Waals surface area contributed by atoms with E-state index in [0.717, 1.165) is 27.9 Å². The van der Waals surface area contributed by atoms with Crippen LogP contribution in [0.4, 0.5) is 0 Å². The normalized spacial score (nSPS) is 15.7. The SMILES string of the molecule is C[S@@](=O)c1ccc(C(=O)N2CC=C(c3c[nH]c4ncccc34)CC2)cc1. The van der Waals surface area contributed by atoms with E-state index >= 15 is 0 Å². The summed E-state index contributed by atoms with van der Waals surface area (Å²) in [5.41, 5.74) is 3.92. The van der Waals surface area contributed by atoms with Gasteiger partial charge in [-0.1, -0.05) is 6.08 Å². The van der Waals surface area contributed by atoms with Crippen molar-refractivity contribution in [2.24, 2.45) is 0 Å². The topological polar surface area (TPSA) is 66.1 Å². The highest BCUT2D eigenvalue weighted by atomic mass is 32.2. The van der Waals surface area contributed by atoms with E-state index < -0.39 is 10.8 Å². The molecular weight excluding hydrogens is 346 g/mol. The van der Waals surface area contributed by atoms with E-state index in [-0.39, 0.29) is 5.91 Å². The lowest BCUT2D eigenvalue weighted by atomic mass is 9.99. The molecule has 0 unspecified atom stereocenters. The van der Waals surface area contributed by atoms with E-state index in [1.807, 2.05) is 17.2 Å². The predicted octanol–water partition coefficient (Wildman–Crippen LogP) is 3.23. The first-order valence-corrected chi connectivity index (χ1v) is 10.0. The number of carbonyl (C=O) groups is 1. The van der Waals surface area contributed by atoms with Gasteiger partial charge in [-0.05, 0) is 48.4 Å². The third-order valence-corrected chi connectivity index (χ3v) is 5.66. The molecule has 0 fully saturated rings. The monoisotopic (exact) mass is 365 g/mol. The van der Waals surface area contributed by atoms with Crippen LogP contribution in [0.25, 0.3) is 16.6 Å². The number of amides is 1. The lowest BCUT2D eigenvalue weighted by Gasteiger charge is -2.26. The maximum absolute atomic E-state index is 12.7. The number of rotatable bonds is 3. The fourth-order valence-corrected chi connectivity index (χ4v) is 3.81. The Morgan fingerprint density at radius 2 is 2.04 bits per heavy atom. The number of benzene rings is 1. The van der Waals surface area contributed by atoms with Gasteiger partial charge in [-0.25, -0.2) is 4.98 Å². The van der Waals surface area contributed by atoms with Crippen molar-refractivity contribution in [3.8, 4) is 0 Å². The van der Waals surface area contributed by atoms with Crippen molar-refractivity contribution in [2.75, 3.05) is 19.3 Å². The van der Waals surface area contributed by atoms with Gasteiger partial charge in [0, 0.05) is 63.9 Å². The van der Waals surface area contributed by atoms with Crippen LogP contribution in [0, 0.1) is 0 Å². The van der Waals surface area contributed by atoms with Crippen LogP contribution in [0.15, 0.2) is 59.8 Å². The van der Waals surface area contributed by atoms with E-state index in [2.05, 4.69) is 22.1 Å². The standard InChI is InChI=1S/C20H19N3O2S/c1-26(25)16-6-4-15(5-7-16)20(24)23-11-8-14(9-12-23)18-13-22-19-17(18)3-2-10-21-19/h2-8,10,13H,9,11-12H2,1H3,(H,21,22)/t26-/m1/s1. The second-order valence-electron chi connectivity index (χ2n) is 6.31. The minimum absolute atomic E-state index is 0.00864. The van der Waals surface area contributed by atoms with Gasteiger partial charge in [-0.2, -0.15) is 0 Å². The van der Waals surface area contributed by atoms with Crippen LogP contribution in [0.5, 0.6) is 0 Å². The van der Waals surface area contributed by atoms with E-state index in [1.54, 1.807) is 36.7 Å². The van der Waals surface area contributed by atoms with Gasteiger partial charge in [0.1, 0.15) is 5.65 Å². The van der Waals surface area contributed by atoms with E-state index in [9.17, 15) is 9.00 Å². The summed E-state index contributed by atoms with van der Waals surface area (Å²) in [5, 5.41) is 1.11. The fraction of sp³-hybridized carbons (Fsp3) is 0.200. The molecule has 1 aliphatic rings. The van der Waals surface area contributed by atoms with Crippen LogP contribution in [-0.4, -0.2) is 44.3 Å². The van der Waals surface area contributed by atoms with Gasteiger partial charge in [0.15, 0.2) is 0 Å². The summed E-state index contributed by atoms with van der Waals surface area (Å²) in [6, 6.07) is 11.0. The number of nitrogens with zero attached hydrogens (tertiary/aromatic N) is 2. The number of fused-ring (bicyclic) bond motifs is 1. The predicted molar refractivity (Wildman–Crippen MR) is 103 cm³/mol. The van der Waals surface area contributed by atoms with Gasteiger partial charge in [-0.3, -0.25) is 9.00 Å². The molecule has 3 aromatic rings. The summed E-state index contributed by atoms with van der Waals surface area (Å²) in [5.74, 6) is 0.00864. The molecule has 1 N–H and O–H groups in total. The first kappa shape index (κ1) is 16.7. The zero-order chi connectivity index (χ0) is 18.1. The first-order chi connectivity index (χ1) is 12.6. The molecule has 1 amide bonds. The fourth-order valence-electron chi connectivity index (χ4n) is 3.29. The van der Waals surface area contributed by atoms with E-state index in [1.165, 1.54) is 5.57 Å². The minimum Gasteiger partial charge on any atom is -0.346 e. The average Bonchev–Trinajstić information content (AvgIpc) is 3.12. The Morgan fingerprint density at radius 3 is 2.73 bits per heavy atom. The summed E-state index contributed by atoms with van der Waals surface area (Å²) in [7, 11) is -1.03. The second-order valence-corrected chi connectivity index (χ2v) is 7.69. The molecule has 2 aromatic heterocycles. The van der Waals surface area contributed by atoms with Crippen molar-refractivity contribution in [3.63, 3.8) is 0 Å². The van der Waals surface area contributed by atoms with Gasteiger partial charge >= 0.3 is 0 Å². The van der Waals surface area contributed by atoms with Gasteiger partial charge in [0.05, 0.1) is 0 Å². The molecule has 6 heteroatoms. The third kappa shape index (κ3) is 3.08. The Bertz CT molecular complexity index is 1020. The van der Waals surface area contributed by atoms with Crippen molar-refractivity contribution in [3.05, 3.63) is 66.0 Å². The van der Waals surface area contributed by atoms with Crippen molar-refractivity contribution < 1.29 is 9.00 Å². The Hall–Kier alpha value is -2.73. The van der Waals surface area contributed by atoms with Crippen molar-refractivity contribution >= 4 is 33.3 Å². The number of aromatic amines is 1. The van der Waals surface area contributed by atoms with Crippen LogP contribution in [0.1, 0.15) is 22.3 Å². The number of hydrogen-bond donors (Lipinski definition) is 1. The Labute approximate surface area is 154 Å². The Balaban J connectivity index is 1.52. The zero-order valence-electron chi connectivity index (χ0n) is 14.4. The molecular formula is C20H19N3O2S. The number of H-pyrrole nitrogens is 1. The molecule has 3 heterocycles. The van der Waals surface area contributed by atoms with Crippen molar-refractivity contribution in [1.82, 2.24) is 14.9 Å². The molecule has 5 nitrogen and oxygen atoms in total. The molecule has 1 atom stereocenters. The molecule has 0 spiro atoms. The third-order valence-electron chi connectivity index (χ3n) is 4.73. The highest BCUT2D eigenvalue weighted by Gasteiger charge is 2.20. The van der Waals surface area contributed by atoms with Crippen LogP contribution in [-0.2, 0) is 10.8 Å². The summed E-state index contributed by atoms with van der Waals surface area (Å²) >= 11 is 0. The van der Waals surface area contributed by atoms with Gasteiger partial charge in [0.25, 0.3) is 5.91 Å². The van der Waals surface area contributed by atoms with Gasteiger partial charge < -0.3 is 9.88 Å². The number of nitrogens with one attached hydrogen (secondary N) is 1. The molecule has 0 radical (unpaired) electrons. The van der Waals surface area contributed by atoms with Crippen LogP contribution in [0.2, 0.25) is 0 Å². The maximum atomic E-state index is 12.7. The molecule has 0 saturated carbocycles. The lowest BCUT2D eigenvalue weighted by Crippen LogP contribution is -2.34. The maximum Gasteiger partial charge on any atom is 0.254 e. The number of carbonyl (C=O) groups excluding carboxylic acids is 1. The zero-order valence-corrected chi connectivity index (χ0v) is 15.3. The molecule has 0 saturated heterocycles. The van der Waals surface area contributed by atoms with Crippen LogP contribution < -0.4 is 0 Å². The first-order valence-electron chi connectivity index (χ1n) is 8.48. The molecule has 0 aliphatic carbocycles.